The highest BCUT2D eigenvalue weighted by Crippen LogP contribution is 2.40. The van der Waals surface area contributed by atoms with Gasteiger partial charge in [0.25, 0.3) is 0 Å². The summed E-state index contributed by atoms with van der Waals surface area (Å²) in [6, 6.07) is 14.2. The molecule has 4 rings (SSSR count). The third kappa shape index (κ3) is 2.76. The Labute approximate surface area is 154 Å². The molecule has 0 saturated heterocycles. The Morgan fingerprint density at radius 1 is 1.11 bits per heavy atom. The molecule has 1 aliphatic heterocycles. The lowest BCUT2D eigenvalue weighted by molar-refractivity contribution is -0.142. The molecule has 0 N–H and O–H groups in total. The van der Waals surface area contributed by atoms with Gasteiger partial charge in [0, 0.05) is 23.5 Å². The summed E-state index contributed by atoms with van der Waals surface area (Å²) < 4.78 is 43.0. The van der Waals surface area contributed by atoms with E-state index in [2.05, 4.69) is 10.9 Å². The summed E-state index contributed by atoms with van der Waals surface area (Å²) in [6.07, 6.45) is 0.978. The molecule has 0 fully saturated rings. The van der Waals surface area contributed by atoms with E-state index in [4.69, 9.17) is 6.42 Å². The van der Waals surface area contributed by atoms with Gasteiger partial charge in [0.05, 0.1) is 30.2 Å². The maximum absolute atomic E-state index is 13.9. The van der Waals surface area contributed by atoms with Crippen LogP contribution in [0.25, 0.3) is 10.9 Å². The molecular formula is C21H16F3N3. The second kappa shape index (κ2) is 6.20. The highest BCUT2D eigenvalue weighted by atomic mass is 19.4. The van der Waals surface area contributed by atoms with Crippen LogP contribution in [0.2, 0.25) is 0 Å². The quantitative estimate of drug-likeness (QED) is 0.598. The van der Waals surface area contributed by atoms with E-state index in [0.29, 0.717) is 28.8 Å². The maximum atomic E-state index is 13.9. The standard InChI is InChI=1S/C21H16F3N3/c1-3-12-27-13-16(25-15-9-5-7-11-18(15)27)19-14-8-4-6-10-17(14)26(2)20(19)21(22,23)24/h1,4-11H,12-13H2,2H3. The third-order valence-electron chi connectivity index (χ3n) is 4.76. The van der Waals surface area contributed by atoms with E-state index in [1.807, 2.05) is 23.1 Å². The first-order valence-electron chi connectivity index (χ1n) is 8.42. The minimum Gasteiger partial charge on any atom is -0.353 e. The molecule has 1 aliphatic rings. The largest absolute Gasteiger partial charge is 0.432 e. The predicted octanol–water partition coefficient (Wildman–Crippen LogP) is 4.77. The Balaban J connectivity index is 2.01. The summed E-state index contributed by atoms with van der Waals surface area (Å²) in [4.78, 5) is 6.45. The molecule has 0 saturated carbocycles. The molecule has 0 atom stereocenters. The monoisotopic (exact) mass is 367 g/mol. The number of para-hydroxylation sites is 3. The molecule has 136 valence electrons. The molecule has 2 heterocycles. The number of aryl methyl sites for hydroxylation is 1. The van der Waals surface area contributed by atoms with Crippen molar-refractivity contribution in [3.8, 4) is 12.3 Å². The molecule has 0 unspecified atom stereocenters. The number of hydrogen-bond acceptors (Lipinski definition) is 2. The van der Waals surface area contributed by atoms with Crippen LogP contribution in [0.1, 0.15) is 11.3 Å². The SMILES string of the molecule is C#CCN1CC(c2c(C(F)(F)F)n(C)c3ccccc23)=Nc2ccccc21. The summed E-state index contributed by atoms with van der Waals surface area (Å²) in [5.41, 5.74) is 1.76. The number of alkyl halides is 3. The molecule has 2 aromatic carbocycles. The number of rotatable bonds is 2. The fraction of sp³-hybridized carbons (Fsp3) is 0.190. The normalized spacial score (nSPS) is 14.0. The molecule has 27 heavy (non-hydrogen) atoms. The predicted molar refractivity (Wildman–Crippen MR) is 102 cm³/mol. The fourth-order valence-electron chi connectivity index (χ4n) is 3.68. The number of aromatic nitrogens is 1. The third-order valence-corrected chi connectivity index (χ3v) is 4.76. The minimum absolute atomic E-state index is 0.122. The smallest absolute Gasteiger partial charge is 0.353 e. The van der Waals surface area contributed by atoms with Crippen LogP contribution < -0.4 is 4.90 Å². The molecule has 1 aromatic heterocycles. The first-order chi connectivity index (χ1) is 12.9. The summed E-state index contributed by atoms with van der Waals surface area (Å²) in [6.45, 7) is 0.514. The van der Waals surface area contributed by atoms with Gasteiger partial charge in [-0.25, -0.2) is 4.99 Å². The van der Waals surface area contributed by atoms with E-state index in [1.165, 1.54) is 11.6 Å². The van der Waals surface area contributed by atoms with Crippen LogP contribution in [0.5, 0.6) is 0 Å². The maximum Gasteiger partial charge on any atom is 0.432 e. The number of hydrogen-bond donors (Lipinski definition) is 0. The van der Waals surface area contributed by atoms with Crippen molar-refractivity contribution in [3.05, 3.63) is 59.8 Å². The van der Waals surface area contributed by atoms with Gasteiger partial charge in [-0.1, -0.05) is 36.3 Å². The van der Waals surface area contributed by atoms with Crippen molar-refractivity contribution < 1.29 is 13.2 Å². The average Bonchev–Trinajstić information content (AvgIpc) is 2.95. The van der Waals surface area contributed by atoms with Crippen LogP contribution in [-0.2, 0) is 13.2 Å². The fourth-order valence-corrected chi connectivity index (χ4v) is 3.68. The van der Waals surface area contributed by atoms with Crippen molar-refractivity contribution in [1.29, 1.82) is 0 Å². The molecule has 3 nitrogen and oxygen atoms in total. The first-order valence-corrected chi connectivity index (χ1v) is 8.42. The van der Waals surface area contributed by atoms with E-state index in [9.17, 15) is 13.2 Å². The van der Waals surface area contributed by atoms with Gasteiger partial charge in [-0.3, -0.25) is 0 Å². The van der Waals surface area contributed by atoms with E-state index in [0.717, 1.165) is 5.69 Å². The zero-order valence-corrected chi connectivity index (χ0v) is 14.6. The first kappa shape index (κ1) is 17.2. The molecule has 0 amide bonds. The van der Waals surface area contributed by atoms with Crippen LogP contribution in [0.3, 0.4) is 0 Å². The summed E-state index contributed by atoms with van der Waals surface area (Å²) >= 11 is 0. The lowest BCUT2D eigenvalue weighted by Crippen LogP contribution is -2.34. The summed E-state index contributed by atoms with van der Waals surface area (Å²) in [5.74, 6) is 2.58. The van der Waals surface area contributed by atoms with Crippen LogP contribution >= 0.6 is 0 Å². The van der Waals surface area contributed by atoms with Gasteiger partial charge < -0.3 is 9.47 Å². The van der Waals surface area contributed by atoms with Gasteiger partial charge in [0.15, 0.2) is 0 Å². The Morgan fingerprint density at radius 3 is 2.56 bits per heavy atom. The van der Waals surface area contributed by atoms with Crippen molar-refractivity contribution in [3.63, 3.8) is 0 Å². The Hall–Kier alpha value is -3.20. The zero-order valence-electron chi connectivity index (χ0n) is 14.6. The molecular weight excluding hydrogens is 351 g/mol. The van der Waals surface area contributed by atoms with Crippen molar-refractivity contribution in [2.45, 2.75) is 6.18 Å². The lowest BCUT2D eigenvalue weighted by atomic mass is 10.0. The molecule has 0 bridgehead atoms. The molecule has 0 aliphatic carbocycles. The topological polar surface area (TPSA) is 20.5 Å². The van der Waals surface area contributed by atoms with E-state index in [1.54, 1.807) is 30.3 Å². The summed E-state index contributed by atoms with van der Waals surface area (Å²) in [7, 11) is 1.44. The van der Waals surface area contributed by atoms with Crippen LogP contribution in [-0.4, -0.2) is 23.4 Å². The van der Waals surface area contributed by atoms with Gasteiger partial charge in [-0.2, -0.15) is 13.2 Å². The number of aliphatic imine (C=N–C) groups is 1. The number of nitrogens with zero attached hydrogens (tertiary/aromatic N) is 3. The lowest BCUT2D eigenvalue weighted by Gasteiger charge is -2.29. The van der Waals surface area contributed by atoms with Gasteiger partial charge in [0.1, 0.15) is 5.69 Å². The molecule has 3 aromatic rings. The summed E-state index contributed by atoms with van der Waals surface area (Å²) in [5, 5.41) is 0.533. The van der Waals surface area contributed by atoms with Crippen molar-refractivity contribution in [1.82, 2.24) is 4.57 Å². The average molecular weight is 367 g/mol. The van der Waals surface area contributed by atoms with Crippen molar-refractivity contribution >= 4 is 28.0 Å². The highest BCUT2D eigenvalue weighted by molar-refractivity contribution is 6.16. The number of anilines is 1. The second-order valence-electron chi connectivity index (χ2n) is 6.40. The number of fused-ring (bicyclic) bond motifs is 2. The number of terminal acetylenes is 1. The van der Waals surface area contributed by atoms with Crippen molar-refractivity contribution in [2.24, 2.45) is 12.0 Å². The Kier molecular flexibility index (Phi) is 3.96. The van der Waals surface area contributed by atoms with Gasteiger partial charge >= 0.3 is 6.18 Å². The van der Waals surface area contributed by atoms with E-state index >= 15 is 0 Å². The number of benzene rings is 2. The van der Waals surface area contributed by atoms with Crippen LogP contribution in [0, 0.1) is 12.3 Å². The zero-order chi connectivity index (χ0) is 19.2. The van der Waals surface area contributed by atoms with Crippen LogP contribution in [0.15, 0.2) is 53.5 Å². The van der Waals surface area contributed by atoms with Gasteiger partial charge in [-0.15, -0.1) is 6.42 Å². The van der Waals surface area contributed by atoms with Gasteiger partial charge in [0.2, 0.25) is 0 Å². The van der Waals surface area contributed by atoms with E-state index in [-0.39, 0.29) is 12.1 Å². The van der Waals surface area contributed by atoms with Gasteiger partial charge in [-0.05, 0) is 18.2 Å². The minimum atomic E-state index is -4.50. The highest BCUT2D eigenvalue weighted by Gasteiger charge is 2.40. The molecule has 6 heteroatoms. The van der Waals surface area contributed by atoms with E-state index < -0.39 is 11.9 Å². The Morgan fingerprint density at radius 2 is 1.81 bits per heavy atom. The number of halogens is 3. The Bertz CT molecular complexity index is 1100. The second-order valence-corrected chi connectivity index (χ2v) is 6.40. The van der Waals surface area contributed by atoms with Crippen LogP contribution in [0.4, 0.5) is 24.5 Å². The van der Waals surface area contributed by atoms with Crippen molar-refractivity contribution in [2.75, 3.05) is 18.0 Å². The molecule has 0 radical (unpaired) electrons. The molecule has 0 spiro atoms.